The highest BCUT2D eigenvalue weighted by Crippen LogP contribution is 2.33. The fourth-order valence-corrected chi connectivity index (χ4v) is 1.63. The van der Waals surface area contributed by atoms with Crippen LogP contribution in [0.3, 0.4) is 0 Å². The van der Waals surface area contributed by atoms with Crippen LogP contribution < -0.4 is 9.64 Å². The summed E-state index contributed by atoms with van der Waals surface area (Å²) in [6.45, 7) is 0. The molecule has 0 aromatic heterocycles. The van der Waals surface area contributed by atoms with Crippen molar-refractivity contribution in [2.24, 2.45) is 0 Å². The number of carbonyl (C=O) groups is 2. The van der Waals surface area contributed by atoms with Crippen LogP contribution in [0.5, 0.6) is 5.75 Å². The van der Waals surface area contributed by atoms with Crippen LogP contribution in [-0.4, -0.2) is 18.9 Å². The minimum absolute atomic E-state index is 0.192. The highest BCUT2D eigenvalue weighted by atomic mass is 16.5. The van der Waals surface area contributed by atoms with E-state index >= 15 is 0 Å². The first kappa shape index (κ1) is 10.9. The molecule has 0 saturated carbocycles. The summed E-state index contributed by atoms with van der Waals surface area (Å²) in [6, 6.07) is 6.68. The van der Waals surface area contributed by atoms with E-state index in [4.69, 9.17) is 10.00 Å². The van der Waals surface area contributed by atoms with E-state index in [-0.39, 0.29) is 11.3 Å². The zero-order chi connectivity index (χ0) is 12.4. The number of methoxy groups -OCH3 is 1. The number of amides is 2. The first-order valence-corrected chi connectivity index (χ1v) is 4.82. The zero-order valence-corrected chi connectivity index (χ0v) is 9.01. The number of imide groups is 1. The summed E-state index contributed by atoms with van der Waals surface area (Å²) in [6.07, 6.45) is 2.33. The molecule has 2 amide bonds. The number of anilines is 1. The van der Waals surface area contributed by atoms with Crippen molar-refractivity contribution >= 4 is 17.5 Å². The molecule has 2 rings (SSSR count). The number of hydrogen-bond donors (Lipinski definition) is 0. The van der Waals surface area contributed by atoms with E-state index < -0.39 is 11.8 Å². The minimum Gasteiger partial charge on any atom is -0.495 e. The number of hydrogen-bond acceptors (Lipinski definition) is 4. The molecule has 0 unspecified atom stereocenters. The second-order valence-electron chi connectivity index (χ2n) is 3.31. The maximum atomic E-state index is 11.6. The molecular weight excluding hydrogens is 220 g/mol. The molecular formula is C12H8N2O3. The summed E-state index contributed by atoms with van der Waals surface area (Å²) in [4.78, 5) is 24.1. The lowest BCUT2D eigenvalue weighted by Crippen LogP contribution is -2.30. The number of rotatable bonds is 2. The smallest absolute Gasteiger partial charge is 0.258 e. The summed E-state index contributed by atoms with van der Waals surface area (Å²) in [5, 5.41) is 9.00. The van der Waals surface area contributed by atoms with Crippen LogP contribution in [0.25, 0.3) is 0 Å². The van der Waals surface area contributed by atoms with Crippen molar-refractivity contribution in [2.45, 2.75) is 0 Å². The second kappa shape index (κ2) is 4.10. The summed E-state index contributed by atoms with van der Waals surface area (Å²) in [5.74, 6) is -0.638. The average molecular weight is 228 g/mol. The van der Waals surface area contributed by atoms with Gasteiger partial charge in [0, 0.05) is 12.2 Å². The topological polar surface area (TPSA) is 70.4 Å². The van der Waals surface area contributed by atoms with E-state index in [1.807, 2.05) is 6.07 Å². The van der Waals surface area contributed by atoms with Crippen LogP contribution in [0.4, 0.5) is 5.69 Å². The summed E-state index contributed by atoms with van der Waals surface area (Å²) >= 11 is 0. The van der Waals surface area contributed by atoms with Crippen LogP contribution in [-0.2, 0) is 9.59 Å². The third kappa shape index (κ3) is 1.66. The fourth-order valence-electron chi connectivity index (χ4n) is 1.63. The molecule has 0 fully saturated rings. The van der Waals surface area contributed by atoms with Gasteiger partial charge in [-0.3, -0.25) is 9.59 Å². The molecule has 0 spiro atoms. The van der Waals surface area contributed by atoms with E-state index in [2.05, 4.69) is 0 Å². The highest BCUT2D eigenvalue weighted by Gasteiger charge is 2.29. The van der Waals surface area contributed by atoms with Gasteiger partial charge in [-0.25, -0.2) is 4.90 Å². The van der Waals surface area contributed by atoms with Crippen LogP contribution >= 0.6 is 0 Å². The molecule has 1 heterocycles. The Labute approximate surface area is 97.5 Å². The van der Waals surface area contributed by atoms with Crippen molar-refractivity contribution < 1.29 is 14.3 Å². The molecule has 5 heteroatoms. The van der Waals surface area contributed by atoms with Gasteiger partial charge in [-0.1, -0.05) is 6.07 Å². The van der Waals surface area contributed by atoms with Crippen molar-refractivity contribution in [3.05, 3.63) is 35.9 Å². The van der Waals surface area contributed by atoms with Gasteiger partial charge in [0.15, 0.2) is 0 Å². The lowest BCUT2D eigenvalue weighted by atomic mass is 10.1. The summed E-state index contributed by atoms with van der Waals surface area (Å²) < 4.78 is 5.07. The Balaban J connectivity index is 2.62. The molecule has 84 valence electrons. The van der Waals surface area contributed by atoms with Gasteiger partial charge in [0.2, 0.25) is 0 Å². The van der Waals surface area contributed by atoms with E-state index in [9.17, 15) is 9.59 Å². The average Bonchev–Trinajstić information content (AvgIpc) is 2.68. The molecule has 1 aromatic rings. The van der Waals surface area contributed by atoms with Gasteiger partial charge >= 0.3 is 0 Å². The number of nitriles is 1. The maximum absolute atomic E-state index is 11.6. The molecule has 0 saturated heterocycles. The molecule has 0 N–H and O–H groups in total. The van der Waals surface area contributed by atoms with Gasteiger partial charge in [-0.15, -0.1) is 0 Å². The summed E-state index contributed by atoms with van der Waals surface area (Å²) in [5.41, 5.74) is 0.409. The lowest BCUT2D eigenvalue weighted by Gasteiger charge is -2.18. The Bertz CT molecular complexity index is 552. The predicted octanol–water partition coefficient (Wildman–Crippen LogP) is 0.996. The third-order valence-corrected chi connectivity index (χ3v) is 2.37. The minimum atomic E-state index is -0.476. The monoisotopic (exact) mass is 228 g/mol. The van der Waals surface area contributed by atoms with Gasteiger partial charge in [-0.2, -0.15) is 5.26 Å². The molecule has 0 atom stereocenters. The van der Waals surface area contributed by atoms with Crippen molar-refractivity contribution in [3.63, 3.8) is 0 Å². The normalized spacial score (nSPS) is 14.0. The molecule has 1 aromatic carbocycles. The molecule has 17 heavy (non-hydrogen) atoms. The van der Waals surface area contributed by atoms with E-state index in [0.29, 0.717) is 5.75 Å². The second-order valence-corrected chi connectivity index (χ2v) is 3.31. The van der Waals surface area contributed by atoms with Crippen molar-refractivity contribution in [1.29, 1.82) is 5.26 Å². The van der Waals surface area contributed by atoms with Crippen LogP contribution in [0.1, 0.15) is 5.56 Å². The Morgan fingerprint density at radius 3 is 2.41 bits per heavy atom. The number of para-hydroxylation sites is 1. The standard InChI is InChI=1S/C12H8N2O3/c1-17-9-4-2-3-8(7-13)12(9)14-10(15)5-6-11(14)16/h2-6H,1H3. The molecule has 0 radical (unpaired) electrons. The Kier molecular flexibility index (Phi) is 2.63. The molecule has 0 bridgehead atoms. The largest absolute Gasteiger partial charge is 0.495 e. The fraction of sp³-hybridized carbons (Fsp3) is 0.0833. The van der Waals surface area contributed by atoms with Crippen LogP contribution in [0.15, 0.2) is 30.4 Å². The SMILES string of the molecule is COc1cccc(C#N)c1N1C(=O)C=CC1=O. The van der Waals surface area contributed by atoms with Crippen molar-refractivity contribution in [1.82, 2.24) is 0 Å². The van der Waals surface area contributed by atoms with Crippen LogP contribution in [0, 0.1) is 11.3 Å². The van der Waals surface area contributed by atoms with Gasteiger partial charge < -0.3 is 4.74 Å². The number of carbonyl (C=O) groups excluding carboxylic acids is 2. The quantitative estimate of drug-likeness (QED) is 0.708. The van der Waals surface area contributed by atoms with E-state index in [0.717, 1.165) is 17.1 Å². The first-order valence-electron chi connectivity index (χ1n) is 4.82. The van der Waals surface area contributed by atoms with Gasteiger partial charge in [0.1, 0.15) is 17.5 Å². The van der Waals surface area contributed by atoms with Gasteiger partial charge in [-0.05, 0) is 12.1 Å². The van der Waals surface area contributed by atoms with Gasteiger partial charge in [0.05, 0.1) is 12.7 Å². The van der Waals surface area contributed by atoms with E-state index in [1.54, 1.807) is 12.1 Å². The summed E-state index contributed by atoms with van der Waals surface area (Å²) in [7, 11) is 1.42. The Hall–Kier alpha value is -2.61. The maximum Gasteiger partial charge on any atom is 0.258 e. The van der Waals surface area contributed by atoms with Crippen molar-refractivity contribution in [3.8, 4) is 11.8 Å². The van der Waals surface area contributed by atoms with E-state index in [1.165, 1.54) is 13.2 Å². The number of ether oxygens (including phenoxy) is 1. The zero-order valence-electron chi connectivity index (χ0n) is 9.01. The van der Waals surface area contributed by atoms with Gasteiger partial charge in [0.25, 0.3) is 11.8 Å². The predicted molar refractivity (Wildman–Crippen MR) is 59.3 cm³/mol. The molecule has 1 aliphatic heterocycles. The van der Waals surface area contributed by atoms with Crippen LogP contribution in [0.2, 0.25) is 0 Å². The molecule has 1 aliphatic rings. The lowest BCUT2D eigenvalue weighted by molar-refractivity contribution is -0.120. The third-order valence-electron chi connectivity index (χ3n) is 2.37. The number of benzene rings is 1. The molecule has 5 nitrogen and oxygen atoms in total. The molecule has 0 aliphatic carbocycles. The number of nitrogens with zero attached hydrogens (tertiary/aromatic N) is 2. The Morgan fingerprint density at radius 2 is 1.88 bits per heavy atom. The van der Waals surface area contributed by atoms with Crippen molar-refractivity contribution in [2.75, 3.05) is 12.0 Å². The first-order chi connectivity index (χ1) is 8.19. The highest BCUT2D eigenvalue weighted by molar-refractivity contribution is 6.29. The Morgan fingerprint density at radius 1 is 1.24 bits per heavy atom.